The van der Waals surface area contributed by atoms with Crippen LogP contribution in [-0.2, 0) is 6.54 Å². The molecule has 4 heteroatoms. The summed E-state index contributed by atoms with van der Waals surface area (Å²) < 4.78 is 13.9. The molecule has 0 unspecified atom stereocenters. The zero-order chi connectivity index (χ0) is 12.3. The molecule has 0 radical (unpaired) electrons. The van der Waals surface area contributed by atoms with Gasteiger partial charge >= 0.3 is 0 Å². The van der Waals surface area contributed by atoms with E-state index < -0.39 is 0 Å². The first kappa shape index (κ1) is 12.0. The molecule has 0 saturated carbocycles. The van der Waals surface area contributed by atoms with Gasteiger partial charge in [-0.2, -0.15) is 0 Å². The summed E-state index contributed by atoms with van der Waals surface area (Å²) >= 11 is 3.16. The summed E-state index contributed by atoms with van der Waals surface area (Å²) in [5.74, 6) is -0.260. The lowest BCUT2D eigenvalue weighted by molar-refractivity contribution is 0.621. The lowest BCUT2D eigenvalue weighted by atomic mass is 10.2. The Labute approximate surface area is 108 Å². The molecule has 0 saturated heterocycles. The Morgan fingerprint density at radius 2 is 2.24 bits per heavy atom. The van der Waals surface area contributed by atoms with Crippen LogP contribution in [0, 0.1) is 12.7 Å². The van der Waals surface area contributed by atoms with E-state index in [0.29, 0.717) is 11.0 Å². The predicted octanol–water partition coefficient (Wildman–Crippen LogP) is 3.90. The predicted molar refractivity (Wildman–Crippen MR) is 70.4 cm³/mol. The van der Waals surface area contributed by atoms with Crippen LogP contribution in [0.1, 0.15) is 11.1 Å². The minimum Gasteiger partial charge on any atom is -0.381 e. The quantitative estimate of drug-likeness (QED) is 0.928. The number of hydrogen-bond donors (Lipinski definition) is 1. The van der Waals surface area contributed by atoms with Gasteiger partial charge in [-0.15, -0.1) is 0 Å². The summed E-state index contributed by atoms with van der Waals surface area (Å²) in [6, 6.07) is 7.12. The van der Waals surface area contributed by atoms with E-state index in [0.717, 1.165) is 16.8 Å². The van der Waals surface area contributed by atoms with Crippen molar-refractivity contribution in [3.63, 3.8) is 0 Å². The van der Waals surface area contributed by atoms with Crippen LogP contribution < -0.4 is 5.32 Å². The molecular weight excluding hydrogens is 283 g/mol. The molecule has 17 heavy (non-hydrogen) atoms. The average molecular weight is 295 g/mol. The van der Waals surface area contributed by atoms with Gasteiger partial charge in [-0.25, -0.2) is 4.39 Å². The monoisotopic (exact) mass is 294 g/mol. The second kappa shape index (κ2) is 5.27. The van der Waals surface area contributed by atoms with E-state index in [2.05, 4.69) is 26.2 Å². The van der Waals surface area contributed by atoms with Gasteiger partial charge in [0.1, 0.15) is 5.82 Å². The highest BCUT2D eigenvalue weighted by Gasteiger charge is 2.04. The van der Waals surface area contributed by atoms with Crippen LogP contribution >= 0.6 is 15.9 Å². The molecule has 1 N–H and O–H groups in total. The third-order valence-corrected chi connectivity index (χ3v) is 3.08. The van der Waals surface area contributed by atoms with Gasteiger partial charge in [0.2, 0.25) is 0 Å². The Bertz CT molecular complexity index is 514. The normalized spacial score (nSPS) is 10.3. The van der Waals surface area contributed by atoms with Crippen molar-refractivity contribution in [1.29, 1.82) is 0 Å². The first-order chi connectivity index (χ1) is 8.16. The van der Waals surface area contributed by atoms with E-state index in [-0.39, 0.29) is 5.82 Å². The first-order valence-corrected chi connectivity index (χ1v) is 6.04. The second-order valence-corrected chi connectivity index (χ2v) is 4.65. The van der Waals surface area contributed by atoms with Crippen LogP contribution in [0.3, 0.4) is 0 Å². The molecule has 0 aliphatic carbocycles. The number of aromatic nitrogens is 1. The summed E-state index contributed by atoms with van der Waals surface area (Å²) in [4.78, 5) is 4.03. The fraction of sp³-hybridized carbons (Fsp3) is 0.154. The van der Waals surface area contributed by atoms with Crippen molar-refractivity contribution in [2.45, 2.75) is 13.5 Å². The molecule has 88 valence electrons. The number of pyridine rings is 1. The lowest BCUT2D eigenvalue weighted by Crippen LogP contribution is -2.02. The fourth-order valence-corrected chi connectivity index (χ4v) is 1.99. The molecule has 0 aliphatic rings. The molecule has 1 aromatic heterocycles. The molecule has 2 rings (SSSR count). The van der Waals surface area contributed by atoms with Crippen molar-refractivity contribution in [2.24, 2.45) is 0 Å². The van der Waals surface area contributed by atoms with Gasteiger partial charge in [-0.05, 0) is 52.2 Å². The van der Waals surface area contributed by atoms with E-state index >= 15 is 0 Å². The summed E-state index contributed by atoms with van der Waals surface area (Å²) in [7, 11) is 0. The zero-order valence-corrected chi connectivity index (χ0v) is 11.0. The van der Waals surface area contributed by atoms with Crippen LogP contribution in [0.5, 0.6) is 0 Å². The second-order valence-electron chi connectivity index (χ2n) is 3.80. The third kappa shape index (κ3) is 3.03. The van der Waals surface area contributed by atoms with Gasteiger partial charge in [0.15, 0.2) is 0 Å². The maximum absolute atomic E-state index is 13.4. The van der Waals surface area contributed by atoms with Crippen LogP contribution in [0.15, 0.2) is 41.1 Å². The highest BCUT2D eigenvalue weighted by molar-refractivity contribution is 9.10. The average Bonchev–Trinajstić information content (AvgIpc) is 2.33. The van der Waals surface area contributed by atoms with Gasteiger partial charge in [0, 0.05) is 24.6 Å². The fourth-order valence-electron chi connectivity index (χ4n) is 1.54. The molecular formula is C13H12BrFN2. The number of anilines is 1. The van der Waals surface area contributed by atoms with Gasteiger partial charge in [0.25, 0.3) is 0 Å². The molecule has 1 heterocycles. The molecule has 0 aliphatic heterocycles. The first-order valence-electron chi connectivity index (χ1n) is 5.25. The SMILES string of the molecule is Cc1cc(Br)c(F)cc1NCc1cccnc1. The van der Waals surface area contributed by atoms with E-state index in [1.54, 1.807) is 18.5 Å². The maximum atomic E-state index is 13.4. The number of nitrogens with zero attached hydrogens (tertiary/aromatic N) is 1. The molecule has 2 nitrogen and oxygen atoms in total. The zero-order valence-electron chi connectivity index (χ0n) is 9.37. The molecule has 0 spiro atoms. The van der Waals surface area contributed by atoms with Crippen molar-refractivity contribution in [3.8, 4) is 0 Å². The van der Waals surface area contributed by atoms with Gasteiger partial charge in [0.05, 0.1) is 4.47 Å². The van der Waals surface area contributed by atoms with E-state index in [1.165, 1.54) is 6.07 Å². The smallest absolute Gasteiger partial charge is 0.139 e. The molecule has 0 fully saturated rings. The van der Waals surface area contributed by atoms with E-state index in [9.17, 15) is 4.39 Å². The minimum atomic E-state index is -0.260. The van der Waals surface area contributed by atoms with E-state index in [1.807, 2.05) is 19.1 Å². The third-order valence-electron chi connectivity index (χ3n) is 2.47. The molecule has 0 bridgehead atoms. The lowest BCUT2D eigenvalue weighted by Gasteiger charge is -2.10. The van der Waals surface area contributed by atoms with E-state index in [4.69, 9.17) is 0 Å². The standard InChI is InChI=1S/C13H12BrFN2/c1-9-5-11(14)12(15)6-13(9)17-8-10-3-2-4-16-7-10/h2-7,17H,8H2,1H3. The number of halogens is 2. The van der Waals surface area contributed by atoms with Gasteiger partial charge in [-0.1, -0.05) is 6.07 Å². The molecule has 0 amide bonds. The number of rotatable bonds is 3. The van der Waals surface area contributed by atoms with Crippen molar-refractivity contribution >= 4 is 21.6 Å². The van der Waals surface area contributed by atoms with Crippen molar-refractivity contribution in [2.75, 3.05) is 5.32 Å². The topological polar surface area (TPSA) is 24.9 Å². The number of nitrogens with one attached hydrogen (secondary N) is 1. The Balaban J connectivity index is 2.12. The Kier molecular flexibility index (Phi) is 3.74. The summed E-state index contributed by atoms with van der Waals surface area (Å²) in [5.41, 5.74) is 2.87. The van der Waals surface area contributed by atoms with Gasteiger partial charge in [-0.3, -0.25) is 4.98 Å². The highest BCUT2D eigenvalue weighted by atomic mass is 79.9. The van der Waals surface area contributed by atoms with Crippen molar-refractivity contribution < 1.29 is 4.39 Å². The number of aryl methyl sites for hydroxylation is 1. The summed E-state index contributed by atoms with van der Waals surface area (Å²) in [6.45, 7) is 2.57. The Morgan fingerprint density at radius 3 is 2.94 bits per heavy atom. The Morgan fingerprint density at radius 1 is 1.41 bits per heavy atom. The van der Waals surface area contributed by atoms with Crippen LogP contribution in [0.2, 0.25) is 0 Å². The Hall–Kier alpha value is -1.42. The maximum Gasteiger partial charge on any atom is 0.139 e. The van der Waals surface area contributed by atoms with Gasteiger partial charge < -0.3 is 5.32 Å². The van der Waals surface area contributed by atoms with Crippen molar-refractivity contribution in [1.82, 2.24) is 4.98 Å². The minimum absolute atomic E-state index is 0.260. The summed E-state index contributed by atoms with van der Waals surface area (Å²) in [5, 5.41) is 3.20. The van der Waals surface area contributed by atoms with Crippen LogP contribution in [-0.4, -0.2) is 4.98 Å². The number of hydrogen-bond acceptors (Lipinski definition) is 2. The van der Waals surface area contributed by atoms with Crippen LogP contribution in [0.25, 0.3) is 0 Å². The summed E-state index contributed by atoms with van der Waals surface area (Å²) in [6.07, 6.45) is 3.52. The highest BCUT2D eigenvalue weighted by Crippen LogP contribution is 2.24. The number of benzene rings is 1. The molecule has 0 atom stereocenters. The van der Waals surface area contributed by atoms with Crippen molar-refractivity contribution in [3.05, 3.63) is 58.1 Å². The van der Waals surface area contributed by atoms with Crippen LogP contribution in [0.4, 0.5) is 10.1 Å². The molecule has 2 aromatic rings. The largest absolute Gasteiger partial charge is 0.381 e. The molecule has 1 aromatic carbocycles.